The number of piperidine rings is 1. The van der Waals surface area contributed by atoms with Crippen LogP contribution in [0.2, 0.25) is 0 Å². The van der Waals surface area contributed by atoms with Crippen molar-refractivity contribution < 1.29 is 14.0 Å². The van der Waals surface area contributed by atoms with Gasteiger partial charge < -0.3 is 15.1 Å². The smallest absolute Gasteiger partial charge is 0.319 e. The van der Waals surface area contributed by atoms with Gasteiger partial charge in [0.05, 0.1) is 5.92 Å². The molecule has 0 bridgehead atoms. The van der Waals surface area contributed by atoms with Gasteiger partial charge in [0, 0.05) is 38.9 Å². The topological polar surface area (TPSA) is 70.0 Å². The van der Waals surface area contributed by atoms with Crippen LogP contribution in [0.25, 0.3) is 16.9 Å². The summed E-state index contributed by atoms with van der Waals surface area (Å²) in [7, 11) is 3.42. The predicted octanol–water partition coefficient (Wildman–Crippen LogP) is 3.78. The van der Waals surface area contributed by atoms with Crippen molar-refractivity contribution >= 4 is 23.4 Å². The third kappa shape index (κ3) is 4.23. The summed E-state index contributed by atoms with van der Waals surface area (Å²) in [6.07, 6.45) is 3.35. The molecule has 3 aromatic rings. The number of carbonyl (C=O) groups excluding carboxylic acids is 2. The number of anilines is 1. The van der Waals surface area contributed by atoms with Gasteiger partial charge in [-0.05, 0) is 61.7 Å². The molecule has 1 aliphatic heterocycles. The van der Waals surface area contributed by atoms with Gasteiger partial charge in [-0.25, -0.2) is 14.2 Å². The number of carbonyl (C=O) groups is 2. The fourth-order valence-corrected chi connectivity index (χ4v) is 3.94. The molecule has 0 radical (unpaired) electrons. The lowest BCUT2D eigenvalue weighted by molar-refractivity contribution is -0.121. The van der Waals surface area contributed by atoms with Crippen molar-refractivity contribution in [2.45, 2.75) is 19.8 Å². The largest absolute Gasteiger partial charge is 0.331 e. The van der Waals surface area contributed by atoms with Crippen molar-refractivity contribution in [3.05, 3.63) is 54.0 Å². The maximum absolute atomic E-state index is 13.4. The van der Waals surface area contributed by atoms with Crippen LogP contribution in [0.5, 0.6) is 0 Å². The van der Waals surface area contributed by atoms with Gasteiger partial charge in [-0.3, -0.25) is 9.20 Å². The molecule has 1 fully saturated rings. The number of nitrogens with one attached hydrogen (secondary N) is 1. The summed E-state index contributed by atoms with van der Waals surface area (Å²) in [5, 5.41) is 3.04. The van der Waals surface area contributed by atoms with Crippen molar-refractivity contribution in [1.82, 2.24) is 19.2 Å². The van der Waals surface area contributed by atoms with Crippen molar-refractivity contribution in [1.29, 1.82) is 0 Å². The number of imidazole rings is 1. The highest BCUT2D eigenvalue weighted by atomic mass is 19.1. The minimum atomic E-state index is -0.332. The molecule has 7 nitrogen and oxygen atoms in total. The molecule has 8 heteroatoms. The molecule has 1 atom stereocenters. The Labute approximate surface area is 180 Å². The van der Waals surface area contributed by atoms with Crippen molar-refractivity contribution in [2.24, 2.45) is 5.92 Å². The summed E-state index contributed by atoms with van der Waals surface area (Å²) in [4.78, 5) is 33.5. The van der Waals surface area contributed by atoms with E-state index in [1.807, 2.05) is 29.7 Å². The van der Waals surface area contributed by atoms with E-state index < -0.39 is 0 Å². The van der Waals surface area contributed by atoms with E-state index in [4.69, 9.17) is 4.98 Å². The lowest BCUT2D eigenvalue weighted by Crippen LogP contribution is -2.47. The molecule has 1 aromatic carbocycles. The number of benzene rings is 1. The number of rotatable bonds is 3. The molecule has 4 rings (SSSR count). The minimum absolute atomic E-state index is 0.0882. The SMILES string of the molecule is Cc1ccn2c(NC(=O)C3CCCN(C(=O)N(C)C)C3)c(-c3ccc(F)cc3)nc2c1. The molecular formula is C23H26FN5O2. The van der Waals surface area contributed by atoms with Gasteiger partial charge in [-0.1, -0.05) is 0 Å². The van der Waals surface area contributed by atoms with Crippen LogP contribution >= 0.6 is 0 Å². The monoisotopic (exact) mass is 423 g/mol. The summed E-state index contributed by atoms with van der Waals surface area (Å²) in [6.45, 7) is 3.00. The first-order chi connectivity index (χ1) is 14.8. The molecule has 0 spiro atoms. The highest BCUT2D eigenvalue weighted by Crippen LogP contribution is 2.30. The third-order valence-corrected chi connectivity index (χ3v) is 5.59. The minimum Gasteiger partial charge on any atom is -0.331 e. The van der Waals surface area contributed by atoms with E-state index in [0.29, 0.717) is 42.2 Å². The first-order valence-electron chi connectivity index (χ1n) is 10.3. The molecule has 1 saturated heterocycles. The molecule has 162 valence electrons. The second-order valence-electron chi connectivity index (χ2n) is 8.20. The number of urea groups is 1. The first-order valence-corrected chi connectivity index (χ1v) is 10.3. The number of amides is 3. The van der Waals surface area contributed by atoms with Crippen molar-refractivity contribution in [3.63, 3.8) is 0 Å². The Hall–Kier alpha value is -3.42. The maximum Gasteiger partial charge on any atom is 0.319 e. The van der Waals surface area contributed by atoms with Crippen LogP contribution in [0.3, 0.4) is 0 Å². The number of nitrogens with zero attached hydrogens (tertiary/aromatic N) is 4. The average molecular weight is 423 g/mol. The third-order valence-electron chi connectivity index (χ3n) is 5.59. The number of hydrogen-bond donors (Lipinski definition) is 1. The first kappa shape index (κ1) is 20.8. The molecule has 1 aliphatic rings. The van der Waals surface area contributed by atoms with Gasteiger partial charge in [0.25, 0.3) is 0 Å². The van der Waals surface area contributed by atoms with Crippen LogP contribution < -0.4 is 5.32 Å². The fraction of sp³-hybridized carbons (Fsp3) is 0.348. The van der Waals surface area contributed by atoms with E-state index in [2.05, 4.69) is 5.32 Å². The van der Waals surface area contributed by atoms with E-state index >= 15 is 0 Å². The number of likely N-dealkylation sites (tertiary alicyclic amines) is 1. The Morgan fingerprint density at radius 3 is 2.65 bits per heavy atom. The molecule has 31 heavy (non-hydrogen) atoms. The molecule has 1 unspecified atom stereocenters. The van der Waals surface area contributed by atoms with Crippen LogP contribution in [0.15, 0.2) is 42.6 Å². The summed E-state index contributed by atoms with van der Waals surface area (Å²) < 4.78 is 15.3. The average Bonchev–Trinajstić information content (AvgIpc) is 3.10. The normalized spacial score (nSPS) is 16.4. The van der Waals surface area contributed by atoms with Gasteiger partial charge in [0.15, 0.2) is 0 Å². The van der Waals surface area contributed by atoms with E-state index in [0.717, 1.165) is 12.0 Å². The Balaban J connectivity index is 1.65. The van der Waals surface area contributed by atoms with Gasteiger partial charge in [0.2, 0.25) is 5.91 Å². The number of pyridine rings is 1. The predicted molar refractivity (Wildman–Crippen MR) is 117 cm³/mol. The number of halogens is 1. The van der Waals surface area contributed by atoms with E-state index in [1.165, 1.54) is 17.0 Å². The zero-order chi connectivity index (χ0) is 22.1. The lowest BCUT2D eigenvalue weighted by Gasteiger charge is -2.33. The van der Waals surface area contributed by atoms with Crippen LogP contribution in [-0.4, -0.2) is 58.3 Å². The van der Waals surface area contributed by atoms with Gasteiger partial charge in [-0.2, -0.15) is 0 Å². The van der Waals surface area contributed by atoms with E-state index in [1.54, 1.807) is 31.1 Å². The van der Waals surface area contributed by atoms with Crippen LogP contribution in [0, 0.1) is 18.7 Å². The number of aryl methyl sites for hydroxylation is 1. The summed E-state index contributed by atoms with van der Waals surface area (Å²) in [5.74, 6) is -0.249. The number of fused-ring (bicyclic) bond motifs is 1. The van der Waals surface area contributed by atoms with Gasteiger partial charge in [0.1, 0.15) is 23.0 Å². The van der Waals surface area contributed by atoms with Crippen molar-refractivity contribution in [3.8, 4) is 11.3 Å². The van der Waals surface area contributed by atoms with Crippen LogP contribution in [-0.2, 0) is 4.79 Å². The Morgan fingerprint density at radius 2 is 1.94 bits per heavy atom. The van der Waals surface area contributed by atoms with E-state index in [-0.39, 0.29) is 23.7 Å². The van der Waals surface area contributed by atoms with Gasteiger partial charge >= 0.3 is 6.03 Å². The molecule has 0 saturated carbocycles. The zero-order valence-electron chi connectivity index (χ0n) is 17.9. The fourth-order valence-electron chi connectivity index (χ4n) is 3.94. The summed E-state index contributed by atoms with van der Waals surface area (Å²) >= 11 is 0. The highest BCUT2D eigenvalue weighted by Gasteiger charge is 2.30. The second-order valence-corrected chi connectivity index (χ2v) is 8.20. The van der Waals surface area contributed by atoms with Crippen LogP contribution in [0.4, 0.5) is 15.0 Å². The van der Waals surface area contributed by atoms with Crippen LogP contribution in [0.1, 0.15) is 18.4 Å². The Bertz CT molecular complexity index is 1120. The molecule has 0 aliphatic carbocycles. The molecule has 3 amide bonds. The van der Waals surface area contributed by atoms with Crippen molar-refractivity contribution in [2.75, 3.05) is 32.5 Å². The quantitative estimate of drug-likeness (QED) is 0.697. The Morgan fingerprint density at radius 1 is 1.19 bits per heavy atom. The second kappa shape index (κ2) is 8.37. The molecule has 3 heterocycles. The number of hydrogen-bond acceptors (Lipinski definition) is 3. The summed E-state index contributed by atoms with van der Waals surface area (Å²) in [6, 6.07) is 9.84. The van der Waals surface area contributed by atoms with Gasteiger partial charge in [-0.15, -0.1) is 0 Å². The highest BCUT2D eigenvalue weighted by molar-refractivity contribution is 5.96. The lowest BCUT2D eigenvalue weighted by atomic mass is 9.97. The number of aromatic nitrogens is 2. The zero-order valence-corrected chi connectivity index (χ0v) is 17.9. The molecule has 2 aromatic heterocycles. The van der Waals surface area contributed by atoms with E-state index in [9.17, 15) is 14.0 Å². The maximum atomic E-state index is 13.4. The summed E-state index contributed by atoms with van der Waals surface area (Å²) in [5.41, 5.74) is 3.04. The molecular weight excluding hydrogens is 397 g/mol. The standard InChI is InChI=1S/C23H26FN5O2/c1-15-10-12-29-19(13-15)25-20(16-6-8-18(24)9-7-16)21(29)26-22(30)17-5-4-11-28(14-17)23(31)27(2)3/h6-10,12-13,17H,4-5,11,14H2,1-3H3,(H,26,30). The Kier molecular flexibility index (Phi) is 5.63. The molecule has 1 N–H and O–H groups in total.